The zero-order valence-corrected chi connectivity index (χ0v) is 16.0. The molecular weight excluding hydrogens is 417 g/mol. The fourth-order valence-electron chi connectivity index (χ4n) is 2.63. The van der Waals surface area contributed by atoms with Crippen molar-refractivity contribution in [3.63, 3.8) is 0 Å². The van der Waals surface area contributed by atoms with Gasteiger partial charge in [-0.2, -0.15) is 13.2 Å². The highest BCUT2D eigenvalue weighted by atomic mass is 35.5. The van der Waals surface area contributed by atoms with Crippen LogP contribution in [-0.4, -0.2) is 36.2 Å². The van der Waals surface area contributed by atoms with Crippen LogP contribution < -0.4 is 21.1 Å². The molecule has 1 aliphatic heterocycles. The number of halogens is 4. The summed E-state index contributed by atoms with van der Waals surface area (Å²) in [5.74, 6) is -2.22. The molecule has 0 spiro atoms. The molecule has 158 valence electrons. The first-order valence-electron chi connectivity index (χ1n) is 8.53. The molecule has 0 aromatic heterocycles. The van der Waals surface area contributed by atoms with E-state index in [1.54, 1.807) is 0 Å². The summed E-state index contributed by atoms with van der Waals surface area (Å²) < 4.78 is 39.0. The molecule has 1 aromatic carbocycles. The number of anilines is 1. The largest absolute Gasteiger partial charge is 0.417 e. The van der Waals surface area contributed by atoms with Gasteiger partial charge in [0.05, 0.1) is 22.7 Å². The second-order valence-electron chi connectivity index (χ2n) is 6.27. The van der Waals surface area contributed by atoms with Crippen LogP contribution in [0, 0.1) is 0 Å². The van der Waals surface area contributed by atoms with E-state index in [0.29, 0.717) is 23.9 Å². The topological polar surface area (TPSA) is 108 Å². The van der Waals surface area contributed by atoms with E-state index in [1.807, 2.05) is 0 Å². The highest BCUT2D eigenvalue weighted by molar-refractivity contribution is 6.31. The molecule has 1 heterocycles. The smallest absolute Gasteiger partial charge is 0.356 e. The van der Waals surface area contributed by atoms with Gasteiger partial charge in [0.2, 0.25) is 17.7 Å². The molecule has 1 atom stereocenters. The monoisotopic (exact) mass is 434 g/mol. The molecule has 0 radical (unpaired) electrons. The fraction of sp³-hybridized carbons (Fsp3) is 0.412. The summed E-state index contributed by atoms with van der Waals surface area (Å²) in [7, 11) is 0. The number of alkyl halides is 3. The van der Waals surface area contributed by atoms with Crippen LogP contribution in [0.1, 0.15) is 31.7 Å². The Bertz CT molecular complexity index is 831. The molecule has 3 N–H and O–H groups in total. The lowest BCUT2D eigenvalue weighted by Gasteiger charge is -2.18. The number of amides is 4. The predicted molar refractivity (Wildman–Crippen MR) is 96.5 cm³/mol. The molecule has 0 unspecified atom stereocenters. The summed E-state index contributed by atoms with van der Waals surface area (Å²) in [6.07, 6.45) is -4.67. The molecule has 1 aromatic rings. The Balaban J connectivity index is 1.98. The van der Waals surface area contributed by atoms with Gasteiger partial charge in [-0.05, 0) is 24.6 Å². The van der Waals surface area contributed by atoms with E-state index in [4.69, 9.17) is 11.6 Å². The Morgan fingerprint density at radius 3 is 2.59 bits per heavy atom. The van der Waals surface area contributed by atoms with Crippen LogP contribution in [0.3, 0.4) is 0 Å². The number of hydrogen-bond acceptors (Lipinski definition) is 5. The molecule has 0 bridgehead atoms. The Morgan fingerprint density at radius 1 is 1.28 bits per heavy atom. The zero-order valence-electron chi connectivity index (χ0n) is 15.2. The molecule has 4 amide bonds. The Kier molecular flexibility index (Phi) is 7.20. The number of carbonyl (C=O) groups is 4. The molecule has 2 rings (SSSR count). The van der Waals surface area contributed by atoms with Gasteiger partial charge in [-0.3, -0.25) is 24.6 Å². The Morgan fingerprint density at radius 2 is 1.97 bits per heavy atom. The number of rotatable bonds is 7. The van der Waals surface area contributed by atoms with Crippen LogP contribution in [0.4, 0.5) is 18.9 Å². The van der Waals surface area contributed by atoms with Gasteiger partial charge < -0.3 is 5.32 Å². The van der Waals surface area contributed by atoms with Gasteiger partial charge in [-0.15, -0.1) is 0 Å². The zero-order chi connectivity index (χ0) is 21.8. The Hall–Kier alpha value is -2.66. The third kappa shape index (κ3) is 5.91. The SMILES string of the molecule is CC(=O)NCCCC(=O)NN[C@H]1CC(=O)N(c2ccc(Cl)c(C(F)(F)F)c2)C1=O. The van der Waals surface area contributed by atoms with Crippen molar-refractivity contribution in [3.8, 4) is 0 Å². The second-order valence-corrected chi connectivity index (χ2v) is 6.67. The van der Waals surface area contributed by atoms with Crippen molar-refractivity contribution in [2.24, 2.45) is 0 Å². The lowest BCUT2D eigenvalue weighted by molar-refractivity contribution is -0.137. The minimum Gasteiger partial charge on any atom is -0.356 e. The van der Waals surface area contributed by atoms with Crippen LogP contribution in [0.15, 0.2) is 18.2 Å². The first-order chi connectivity index (χ1) is 13.5. The highest BCUT2D eigenvalue weighted by Crippen LogP contribution is 2.37. The standard InChI is InChI=1S/C17H18ClF3N4O4/c1-9(26)22-6-2-3-14(27)24-23-13-8-15(28)25(16(13)29)10-4-5-12(18)11(7-10)17(19,20)21/h4-5,7,13,23H,2-3,6,8H2,1H3,(H,22,26)(H,24,27)/t13-/m0/s1. The highest BCUT2D eigenvalue weighted by Gasteiger charge is 2.41. The van der Waals surface area contributed by atoms with Gasteiger partial charge >= 0.3 is 6.18 Å². The third-order valence-electron chi connectivity index (χ3n) is 4.00. The molecule has 12 heteroatoms. The second kappa shape index (κ2) is 9.23. The van der Waals surface area contributed by atoms with Gasteiger partial charge in [-0.25, -0.2) is 10.3 Å². The molecule has 0 saturated carbocycles. The number of hydrogen-bond donors (Lipinski definition) is 3. The van der Waals surface area contributed by atoms with Crippen molar-refractivity contribution < 1.29 is 32.3 Å². The van der Waals surface area contributed by atoms with Crippen molar-refractivity contribution in [2.45, 2.75) is 38.4 Å². The first-order valence-corrected chi connectivity index (χ1v) is 8.91. The number of carbonyl (C=O) groups excluding carboxylic acids is 4. The van der Waals surface area contributed by atoms with Crippen molar-refractivity contribution >= 4 is 40.9 Å². The van der Waals surface area contributed by atoms with Crippen molar-refractivity contribution in [1.29, 1.82) is 0 Å². The van der Waals surface area contributed by atoms with E-state index in [2.05, 4.69) is 16.2 Å². The molecule has 1 aliphatic rings. The van der Waals surface area contributed by atoms with E-state index in [9.17, 15) is 32.3 Å². The minimum absolute atomic E-state index is 0.0535. The van der Waals surface area contributed by atoms with Crippen LogP contribution in [0.2, 0.25) is 5.02 Å². The molecule has 29 heavy (non-hydrogen) atoms. The van der Waals surface area contributed by atoms with Gasteiger partial charge in [0.15, 0.2) is 0 Å². The van der Waals surface area contributed by atoms with Gasteiger partial charge in [0, 0.05) is 19.9 Å². The van der Waals surface area contributed by atoms with E-state index in [-0.39, 0.29) is 24.4 Å². The number of nitrogens with zero attached hydrogens (tertiary/aromatic N) is 1. The Labute approximate surface area is 168 Å². The van der Waals surface area contributed by atoms with E-state index >= 15 is 0 Å². The number of hydrazine groups is 1. The summed E-state index contributed by atoms with van der Waals surface area (Å²) in [6.45, 7) is 1.64. The third-order valence-corrected chi connectivity index (χ3v) is 4.33. The lowest BCUT2D eigenvalue weighted by atomic mass is 10.2. The van der Waals surface area contributed by atoms with E-state index in [1.165, 1.54) is 6.92 Å². The van der Waals surface area contributed by atoms with E-state index in [0.717, 1.165) is 12.1 Å². The maximum absolute atomic E-state index is 13.0. The van der Waals surface area contributed by atoms with Gasteiger partial charge in [0.25, 0.3) is 5.91 Å². The van der Waals surface area contributed by atoms with Crippen LogP contribution in [0.25, 0.3) is 0 Å². The summed E-state index contributed by atoms with van der Waals surface area (Å²) in [6, 6.07) is 1.60. The first kappa shape index (κ1) is 22.6. The maximum atomic E-state index is 13.0. The quantitative estimate of drug-likeness (QED) is 0.343. The fourth-order valence-corrected chi connectivity index (χ4v) is 2.85. The summed E-state index contributed by atoms with van der Waals surface area (Å²) in [5.41, 5.74) is 3.27. The average molecular weight is 435 g/mol. The molecule has 1 saturated heterocycles. The summed E-state index contributed by atoms with van der Waals surface area (Å²) in [4.78, 5) is 47.7. The van der Waals surface area contributed by atoms with Crippen LogP contribution >= 0.6 is 11.6 Å². The molecule has 8 nitrogen and oxygen atoms in total. The molecule has 1 fully saturated rings. The van der Waals surface area contributed by atoms with Gasteiger partial charge in [0.1, 0.15) is 6.04 Å². The van der Waals surface area contributed by atoms with Gasteiger partial charge in [-0.1, -0.05) is 11.6 Å². The maximum Gasteiger partial charge on any atom is 0.417 e. The normalized spacial score (nSPS) is 16.9. The molecular formula is C17H18ClF3N4O4. The van der Waals surface area contributed by atoms with Crippen LogP contribution in [-0.2, 0) is 25.4 Å². The van der Waals surface area contributed by atoms with Crippen molar-refractivity contribution in [3.05, 3.63) is 28.8 Å². The summed E-state index contributed by atoms with van der Waals surface area (Å²) in [5, 5.41) is 1.97. The minimum atomic E-state index is -4.75. The number of nitrogens with one attached hydrogen (secondary N) is 3. The number of imide groups is 1. The predicted octanol–water partition coefficient (Wildman–Crippen LogP) is 1.53. The molecule has 0 aliphatic carbocycles. The average Bonchev–Trinajstić information content (AvgIpc) is 2.90. The number of benzene rings is 1. The summed E-state index contributed by atoms with van der Waals surface area (Å²) >= 11 is 5.55. The van der Waals surface area contributed by atoms with Crippen LogP contribution in [0.5, 0.6) is 0 Å². The van der Waals surface area contributed by atoms with Crippen molar-refractivity contribution in [2.75, 3.05) is 11.4 Å². The van der Waals surface area contributed by atoms with E-state index < -0.39 is 40.5 Å². The lowest BCUT2D eigenvalue weighted by Crippen LogP contribution is -2.48. The van der Waals surface area contributed by atoms with Crippen molar-refractivity contribution in [1.82, 2.24) is 16.2 Å².